The molecule has 1 aromatic rings. The lowest BCUT2D eigenvalue weighted by molar-refractivity contribution is -0.145. The Balaban J connectivity index is 1.53. The van der Waals surface area contributed by atoms with E-state index in [-0.39, 0.29) is 13.2 Å². The smallest absolute Gasteiger partial charge is 0.120 e. The summed E-state index contributed by atoms with van der Waals surface area (Å²) in [6.07, 6.45) is 8.41. The van der Waals surface area contributed by atoms with Crippen molar-refractivity contribution in [3.8, 4) is 18.1 Å². The van der Waals surface area contributed by atoms with Crippen molar-refractivity contribution in [3.63, 3.8) is 0 Å². The summed E-state index contributed by atoms with van der Waals surface area (Å²) in [6, 6.07) is 7.04. The highest BCUT2D eigenvalue weighted by atomic mass is 16.5. The van der Waals surface area contributed by atoms with Crippen LogP contribution < -0.4 is 4.74 Å². The quantitative estimate of drug-likeness (QED) is 0.334. The number of β-amino-alcohol motifs (C(OH)–C–C–N with tert-alkyl or cyclic N) is 1. The first-order valence-corrected chi connectivity index (χ1v) is 10.2. The highest BCUT2D eigenvalue weighted by Crippen LogP contribution is 2.20. The van der Waals surface area contributed by atoms with Crippen LogP contribution in [0.5, 0.6) is 5.75 Å². The van der Waals surface area contributed by atoms with Gasteiger partial charge in [-0.05, 0) is 37.6 Å². The van der Waals surface area contributed by atoms with Crippen LogP contribution >= 0.6 is 0 Å². The first-order chi connectivity index (χ1) is 13.6. The number of hydrogen-bond donors (Lipinski definition) is 4. The molecule has 1 aliphatic rings. The average molecular weight is 392 g/mol. The molecule has 0 radical (unpaired) electrons. The molecule has 2 rings (SSSR count). The highest BCUT2D eigenvalue weighted by molar-refractivity contribution is 5.38. The number of aliphatic hydroxyl groups excluding tert-OH is 4. The summed E-state index contributed by atoms with van der Waals surface area (Å²) in [4.78, 5) is 1.88. The second kappa shape index (κ2) is 12.1. The number of nitrogens with zero attached hydrogens (tertiary/aromatic N) is 1. The Labute approximate surface area is 167 Å². The molecule has 0 saturated carbocycles. The summed E-state index contributed by atoms with van der Waals surface area (Å²) >= 11 is 0. The maximum Gasteiger partial charge on any atom is 0.120 e. The lowest BCUT2D eigenvalue weighted by atomic mass is 9.94. The Bertz CT molecular complexity index is 617. The summed E-state index contributed by atoms with van der Waals surface area (Å²) in [6.45, 7) is 1.43. The number of aliphatic hydroxyl groups is 4. The molecule has 0 aromatic heterocycles. The maximum atomic E-state index is 9.98. The summed E-state index contributed by atoms with van der Waals surface area (Å²) in [7, 11) is 0. The predicted molar refractivity (Wildman–Crippen MR) is 108 cm³/mol. The molecule has 1 fully saturated rings. The summed E-state index contributed by atoms with van der Waals surface area (Å²) in [5, 5.41) is 39.0. The molecule has 1 heterocycles. The molecule has 4 N–H and O–H groups in total. The maximum absolute atomic E-state index is 9.98. The van der Waals surface area contributed by atoms with Gasteiger partial charge in [0.1, 0.15) is 18.0 Å². The molecule has 4 atom stereocenters. The van der Waals surface area contributed by atoms with Crippen molar-refractivity contribution in [2.24, 2.45) is 0 Å². The van der Waals surface area contributed by atoms with Gasteiger partial charge in [-0.1, -0.05) is 37.7 Å². The van der Waals surface area contributed by atoms with Crippen LogP contribution in [-0.4, -0.2) is 76.0 Å². The first-order valence-electron chi connectivity index (χ1n) is 10.2. The van der Waals surface area contributed by atoms with Crippen molar-refractivity contribution in [1.29, 1.82) is 0 Å². The molecule has 1 saturated heterocycles. The second-order valence-electron chi connectivity index (χ2n) is 7.44. The minimum absolute atomic E-state index is 0.227. The van der Waals surface area contributed by atoms with Crippen molar-refractivity contribution < 1.29 is 25.2 Å². The van der Waals surface area contributed by atoms with Crippen LogP contribution in [0.1, 0.15) is 44.1 Å². The predicted octanol–water partition coefficient (Wildman–Crippen LogP) is 1.15. The molecule has 156 valence electrons. The monoisotopic (exact) mass is 391 g/mol. The van der Waals surface area contributed by atoms with Crippen LogP contribution in [0.4, 0.5) is 0 Å². The SMILES string of the molecule is C#Cc1cccc(OCCCCCCCCN2C[C@H](O)[C@@H](O)[C@H](O)[C@H]2CO)c1. The molecule has 1 aliphatic heterocycles. The zero-order valence-corrected chi connectivity index (χ0v) is 16.4. The molecule has 6 heteroatoms. The van der Waals surface area contributed by atoms with Gasteiger partial charge in [0.2, 0.25) is 0 Å². The van der Waals surface area contributed by atoms with E-state index in [0.29, 0.717) is 13.2 Å². The van der Waals surface area contributed by atoms with E-state index in [0.717, 1.165) is 49.8 Å². The van der Waals surface area contributed by atoms with E-state index in [2.05, 4.69) is 5.92 Å². The Morgan fingerprint density at radius 1 is 1.04 bits per heavy atom. The summed E-state index contributed by atoms with van der Waals surface area (Å²) in [5.41, 5.74) is 0.823. The molecule has 0 amide bonds. The van der Waals surface area contributed by atoms with Crippen LogP contribution in [0.3, 0.4) is 0 Å². The third-order valence-electron chi connectivity index (χ3n) is 5.33. The van der Waals surface area contributed by atoms with Crippen LogP contribution in [0.25, 0.3) is 0 Å². The van der Waals surface area contributed by atoms with Gasteiger partial charge in [-0.15, -0.1) is 6.42 Å². The van der Waals surface area contributed by atoms with Crippen LogP contribution in [0.2, 0.25) is 0 Å². The van der Waals surface area contributed by atoms with Gasteiger partial charge in [0.15, 0.2) is 0 Å². The van der Waals surface area contributed by atoms with Crippen molar-refractivity contribution >= 4 is 0 Å². The number of rotatable bonds is 11. The fourth-order valence-corrected chi connectivity index (χ4v) is 3.63. The topological polar surface area (TPSA) is 93.4 Å². The van der Waals surface area contributed by atoms with E-state index >= 15 is 0 Å². The number of unbranched alkanes of at least 4 members (excludes halogenated alkanes) is 5. The Morgan fingerprint density at radius 3 is 2.46 bits per heavy atom. The normalized spacial score (nSPS) is 25.4. The Kier molecular flexibility index (Phi) is 9.76. The van der Waals surface area contributed by atoms with Gasteiger partial charge in [-0.25, -0.2) is 0 Å². The van der Waals surface area contributed by atoms with E-state index < -0.39 is 24.4 Å². The number of terminal acetylenes is 1. The van der Waals surface area contributed by atoms with Crippen LogP contribution in [0.15, 0.2) is 24.3 Å². The second-order valence-corrected chi connectivity index (χ2v) is 7.44. The molecule has 28 heavy (non-hydrogen) atoms. The van der Waals surface area contributed by atoms with E-state index in [1.165, 1.54) is 0 Å². The number of piperidine rings is 1. The van der Waals surface area contributed by atoms with Gasteiger partial charge >= 0.3 is 0 Å². The first kappa shape index (κ1) is 22.7. The lowest BCUT2D eigenvalue weighted by Gasteiger charge is -2.43. The Morgan fingerprint density at radius 2 is 1.75 bits per heavy atom. The molecule has 6 nitrogen and oxygen atoms in total. The van der Waals surface area contributed by atoms with Gasteiger partial charge in [-0.2, -0.15) is 0 Å². The van der Waals surface area contributed by atoms with Crippen LogP contribution in [0, 0.1) is 12.3 Å². The van der Waals surface area contributed by atoms with E-state index in [4.69, 9.17) is 11.2 Å². The zero-order valence-electron chi connectivity index (χ0n) is 16.4. The minimum Gasteiger partial charge on any atom is -0.494 e. The molecule has 0 bridgehead atoms. The van der Waals surface area contributed by atoms with Crippen molar-refractivity contribution in [3.05, 3.63) is 29.8 Å². The van der Waals surface area contributed by atoms with E-state index in [1.807, 2.05) is 29.2 Å². The average Bonchev–Trinajstić information content (AvgIpc) is 2.71. The van der Waals surface area contributed by atoms with E-state index in [9.17, 15) is 20.4 Å². The molecular formula is C22H33NO5. The lowest BCUT2D eigenvalue weighted by Crippen LogP contribution is -2.62. The van der Waals surface area contributed by atoms with Gasteiger partial charge in [-0.3, -0.25) is 4.90 Å². The van der Waals surface area contributed by atoms with Crippen molar-refractivity contribution in [2.75, 3.05) is 26.3 Å². The third kappa shape index (κ3) is 6.77. The zero-order chi connectivity index (χ0) is 20.4. The number of hydrogen-bond acceptors (Lipinski definition) is 6. The van der Waals surface area contributed by atoms with Crippen molar-refractivity contribution in [2.45, 2.75) is 62.9 Å². The highest BCUT2D eigenvalue weighted by Gasteiger charge is 2.40. The molecular weight excluding hydrogens is 358 g/mol. The van der Waals surface area contributed by atoms with Crippen LogP contribution in [-0.2, 0) is 0 Å². The largest absolute Gasteiger partial charge is 0.494 e. The molecule has 0 aliphatic carbocycles. The fraction of sp³-hybridized carbons (Fsp3) is 0.636. The third-order valence-corrected chi connectivity index (χ3v) is 5.33. The molecule has 1 aromatic carbocycles. The van der Waals surface area contributed by atoms with Gasteiger partial charge in [0.25, 0.3) is 0 Å². The minimum atomic E-state index is -1.19. The Hall–Kier alpha value is -1.62. The number of benzene rings is 1. The van der Waals surface area contributed by atoms with Gasteiger partial charge in [0, 0.05) is 12.1 Å². The van der Waals surface area contributed by atoms with Gasteiger partial charge in [0.05, 0.1) is 25.4 Å². The number of ether oxygens (including phenoxy) is 1. The van der Waals surface area contributed by atoms with E-state index in [1.54, 1.807) is 0 Å². The standard InChI is InChI=1S/C22H33NO5/c1-2-17-10-9-11-18(14-17)28-13-8-6-4-3-5-7-12-23-15-20(25)22(27)21(26)19(23)16-24/h1,9-11,14,19-22,24-27H,3-8,12-13,15-16H2/t19-,20+,21-,22-/m1/s1. The molecule has 0 unspecified atom stereocenters. The van der Waals surface area contributed by atoms with Crippen molar-refractivity contribution in [1.82, 2.24) is 4.90 Å². The number of likely N-dealkylation sites (tertiary alicyclic amines) is 1. The summed E-state index contributed by atoms with van der Waals surface area (Å²) in [5.74, 6) is 3.41. The fourth-order valence-electron chi connectivity index (χ4n) is 3.63. The molecule has 0 spiro atoms. The van der Waals surface area contributed by atoms with Gasteiger partial charge < -0.3 is 25.2 Å². The summed E-state index contributed by atoms with van der Waals surface area (Å²) < 4.78 is 5.71.